The standard InChI is InChI=1S/C15H32N2O2/c1-12(2)13(7-9-16)5-6-14(19)17-11-15(3,4)8-10-18/h12-13,18H,5-11,16H2,1-4H3,(H,17,19). The molecule has 0 bridgehead atoms. The molecule has 1 unspecified atom stereocenters. The van der Waals surface area contributed by atoms with Gasteiger partial charge in [-0.15, -0.1) is 0 Å². The van der Waals surface area contributed by atoms with Gasteiger partial charge in [0.25, 0.3) is 0 Å². The first kappa shape index (κ1) is 18.4. The highest BCUT2D eigenvalue weighted by Crippen LogP contribution is 2.21. The van der Waals surface area contributed by atoms with Gasteiger partial charge >= 0.3 is 0 Å². The number of amides is 1. The van der Waals surface area contributed by atoms with E-state index in [4.69, 9.17) is 10.8 Å². The maximum atomic E-state index is 11.8. The molecule has 0 fully saturated rings. The number of hydrogen-bond donors (Lipinski definition) is 3. The van der Waals surface area contributed by atoms with Crippen molar-refractivity contribution in [3.63, 3.8) is 0 Å². The Balaban J connectivity index is 3.97. The van der Waals surface area contributed by atoms with Gasteiger partial charge < -0.3 is 16.2 Å². The van der Waals surface area contributed by atoms with E-state index in [1.165, 1.54) is 0 Å². The first-order valence-corrected chi connectivity index (χ1v) is 7.40. The van der Waals surface area contributed by atoms with E-state index in [1.54, 1.807) is 0 Å². The lowest BCUT2D eigenvalue weighted by Crippen LogP contribution is -2.34. The van der Waals surface area contributed by atoms with Gasteiger partial charge in [0.05, 0.1) is 0 Å². The lowest BCUT2D eigenvalue weighted by atomic mass is 9.87. The summed E-state index contributed by atoms with van der Waals surface area (Å²) < 4.78 is 0. The van der Waals surface area contributed by atoms with Crippen molar-refractivity contribution < 1.29 is 9.90 Å². The van der Waals surface area contributed by atoms with Crippen LogP contribution in [0.2, 0.25) is 0 Å². The predicted octanol–water partition coefficient (Wildman–Crippen LogP) is 1.91. The summed E-state index contributed by atoms with van der Waals surface area (Å²) in [6, 6.07) is 0. The van der Waals surface area contributed by atoms with Gasteiger partial charge in [0.2, 0.25) is 5.91 Å². The fourth-order valence-corrected chi connectivity index (χ4v) is 2.16. The van der Waals surface area contributed by atoms with Gasteiger partial charge in [-0.05, 0) is 43.1 Å². The number of hydrogen-bond acceptors (Lipinski definition) is 3. The molecule has 0 radical (unpaired) electrons. The van der Waals surface area contributed by atoms with E-state index in [1.807, 2.05) is 0 Å². The van der Waals surface area contributed by atoms with Gasteiger partial charge in [-0.1, -0.05) is 27.7 Å². The molecule has 0 aromatic heterocycles. The monoisotopic (exact) mass is 272 g/mol. The van der Waals surface area contributed by atoms with E-state index >= 15 is 0 Å². The quantitative estimate of drug-likeness (QED) is 0.568. The van der Waals surface area contributed by atoms with Gasteiger partial charge in [-0.25, -0.2) is 0 Å². The first-order valence-electron chi connectivity index (χ1n) is 7.40. The molecular weight excluding hydrogens is 240 g/mol. The van der Waals surface area contributed by atoms with Crippen LogP contribution in [0.5, 0.6) is 0 Å². The number of carbonyl (C=O) groups is 1. The molecule has 1 amide bonds. The van der Waals surface area contributed by atoms with Crippen LogP contribution in [0, 0.1) is 17.3 Å². The summed E-state index contributed by atoms with van der Waals surface area (Å²) in [5.74, 6) is 1.21. The van der Waals surface area contributed by atoms with Crippen LogP contribution in [0.1, 0.15) is 53.4 Å². The Morgan fingerprint density at radius 3 is 2.42 bits per heavy atom. The third-order valence-electron chi connectivity index (χ3n) is 3.78. The molecule has 0 aromatic rings. The van der Waals surface area contributed by atoms with Crippen molar-refractivity contribution in [2.24, 2.45) is 23.0 Å². The number of carbonyl (C=O) groups excluding carboxylic acids is 1. The third kappa shape index (κ3) is 9.00. The zero-order valence-corrected chi connectivity index (χ0v) is 13.0. The minimum Gasteiger partial charge on any atom is -0.396 e. The van der Waals surface area contributed by atoms with E-state index in [-0.39, 0.29) is 17.9 Å². The molecular formula is C15H32N2O2. The van der Waals surface area contributed by atoms with Crippen molar-refractivity contribution in [3.8, 4) is 0 Å². The van der Waals surface area contributed by atoms with E-state index in [9.17, 15) is 4.79 Å². The molecule has 0 spiro atoms. The second-order valence-electron chi connectivity index (χ2n) is 6.53. The Hall–Kier alpha value is -0.610. The summed E-state index contributed by atoms with van der Waals surface area (Å²) in [6.45, 7) is 9.94. The molecule has 4 heteroatoms. The van der Waals surface area contributed by atoms with Gasteiger partial charge in [0.1, 0.15) is 0 Å². The average Bonchev–Trinajstić information content (AvgIpc) is 2.31. The molecule has 19 heavy (non-hydrogen) atoms. The Labute approximate surface area is 118 Å². The van der Waals surface area contributed by atoms with Crippen molar-refractivity contribution in [3.05, 3.63) is 0 Å². The van der Waals surface area contributed by atoms with E-state index < -0.39 is 0 Å². The molecule has 0 aliphatic carbocycles. The average molecular weight is 272 g/mol. The van der Waals surface area contributed by atoms with Crippen molar-refractivity contribution in [2.75, 3.05) is 19.7 Å². The second kappa shape index (κ2) is 9.32. The van der Waals surface area contributed by atoms with Crippen LogP contribution in [-0.4, -0.2) is 30.7 Å². The molecule has 0 heterocycles. The van der Waals surface area contributed by atoms with E-state index in [2.05, 4.69) is 33.0 Å². The summed E-state index contributed by atoms with van der Waals surface area (Å²) in [4.78, 5) is 11.8. The largest absolute Gasteiger partial charge is 0.396 e. The molecule has 0 saturated heterocycles. The van der Waals surface area contributed by atoms with Crippen LogP contribution in [0.3, 0.4) is 0 Å². The fraction of sp³-hybridized carbons (Fsp3) is 0.933. The van der Waals surface area contributed by atoms with Gasteiger partial charge in [0, 0.05) is 19.6 Å². The molecule has 1 atom stereocenters. The van der Waals surface area contributed by atoms with Gasteiger partial charge in [-0.3, -0.25) is 4.79 Å². The number of rotatable bonds is 10. The maximum Gasteiger partial charge on any atom is 0.220 e. The summed E-state index contributed by atoms with van der Waals surface area (Å²) in [5.41, 5.74) is 5.56. The second-order valence-corrected chi connectivity index (χ2v) is 6.53. The molecule has 0 rings (SSSR count). The van der Waals surface area contributed by atoms with E-state index in [0.717, 1.165) is 12.8 Å². The SMILES string of the molecule is CC(C)C(CCN)CCC(=O)NCC(C)(C)CCO. The predicted molar refractivity (Wildman–Crippen MR) is 79.7 cm³/mol. The molecule has 0 aliphatic heterocycles. The Morgan fingerprint density at radius 1 is 1.32 bits per heavy atom. The third-order valence-corrected chi connectivity index (χ3v) is 3.78. The molecule has 4 nitrogen and oxygen atoms in total. The van der Waals surface area contributed by atoms with Crippen LogP contribution in [0.25, 0.3) is 0 Å². The van der Waals surface area contributed by atoms with Crippen molar-refractivity contribution >= 4 is 5.91 Å². The molecule has 114 valence electrons. The van der Waals surface area contributed by atoms with Crippen molar-refractivity contribution in [1.29, 1.82) is 0 Å². The minimum atomic E-state index is -0.0425. The zero-order valence-electron chi connectivity index (χ0n) is 13.0. The number of nitrogens with two attached hydrogens (primary N) is 1. The highest BCUT2D eigenvalue weighted by Gasteiger charge is 2.19. The summed E-state index contributed by atoms with van der Waals surface area (Å²) in [6.07, 6.45) is 3.16. The lowest BCUT2D eigenvalue weighted by Gasteiger charge is -2.24. The molecule has 0 aromatic carbocycles. The normalized spacial score (nSPS) is 13.6. The summed E-state index contributed by atoms with van der Waals surface area (Å²) in [5, 5.41) is 11.9. The van der Waals surface area contributed by atoms with Crippen LogP contribution in [0.15, 0.2) is 0 Å². The van der Waals surface area contributed by atoms with Crippen LogP contribution in [0.4, 0.5) is 0 Å². The van der Waals surface area contributed by atoms with Gasteiger partial charge in [-0.2, -0.15) is 0 Å². The highest BCUT2D eigenvalue weighted by molar-refractivity contribution is 5.75. The van der Waals surface area contributed by atoms with Crippen molar-refractivity contribution in [1.82, 2.24) is 5.32 Å². The Bertz CT molecular complexity index is 253. The van der Waals surface area contributed by atoms with Crippen LogP contribution < -0.4 is 11.1 Å². The number of nitrogens with one attached hydrogen (secondary N) is 1. The fourth-order valence-electron chi connectivity index (χ4n) is 2.16. The minimum absolute atomic E-state index is 0.0425. The van der Waals surface area contributed by atoms with Crippen LogP contribution >= 0.6 is 0 Å². The molecule has 4 N–H and O–H groups in total. The first-order chi connectivity index (χ1) is 8.82. The Kier molecular flexibility index (Phi) is 9.02. The highest BCUT2D eigenvalue weighted by atomic mass is 16.3. The zero-order chi connectivity index (χ0) is 14.9. The molecule has 0 aliphatic rings. The number of aliphatic hydroxyl groups is 1. The maximum absolute atomic E-state index is 11.8. The lowest BCUT2D eigenvalue weighted by molar-refractivity contribution is -0.122. The summed E-state index contributed by atoms with van der Waals surface area (Å²) >= 11 is 0. The van der Waals surface area contributed by atoms with Gasteiger partial charge in [0.15, 0.2) is 0 Å². The molecule has 0 saturated carbocycles. The van der Waals surface area contributed by atoms with Crippen molar-refractivity contribution in [2.45, 2.75) is 53.4 Å². The number of aliphatic hydroxyl groups excluding tert-OH is 1. The summed E-state index contributed by atoms with van der Waals surface area (Å²) in [7, 11) is 0. The topological polar surface area (TPSA) is 75.4 Å². The Morgan fingerprint density at radius 2 is 1.95 bits per heavy atom. The van der Waals surface area contributed by atoms with Crippen LogP contribution in [-0.2, 0) is 4.79 Å². The smallest absolute Gasteiger partial charge is 0.220 e. The van der Waals surface area contributed by atoms with E-state index in [0.29, 0.717) is 37.8 Å².